The smallest absolute Gasteiger partial charge is 0.243 e. The Morgan fingerprint density at radius 3 is 2.90 bits per heavy atom. The predicted octanol–water partition coefficient (Wildman–Crippen LogP) is 0.987. The Morgan fingerprint density at radius 1 is 1.48 bits per heavy atom. The number of rotatable bonds is 4. The number of methoxy groups -OCH3 is 1. The molecule has 1 N–H and O–H groups in total. The van der Waals surface area contributed by atoms with Crippen LogP contribution in [0.2, 0.25) is 0 Å². The van der Waals surface area contributed by atoms with Crippen LogP contribution < -0.4 is 4.74 Å². The van der Waals surface area contributed by atoms with E-state index >= 15 is 0 Å². The highest BCUT2D eigenvalue weighted by molar-refractivity contribution is 7.89. The van der Waals surface area contributed by atoms with Gasteiger partial charge in [0.1, 0.15) is 5.75 Å². The topological polar surface area (TPSA) is 76.1 Å². The Bertz CT molecular complexity index is 587. The molecule has 1 aliphatic rings. The molecule has 7 heteroatoms. The summed E-state index contributed by atoms with van der Waals surface area (Å²) in [7, 11) is -2.11. The molecule has 0 bridgehead atoms. The van der Waals surface area contributed by atoms with Crippen molar-refractivity contribution < 1.29 is 23.0 Å². The van der Waals surface area contributed by atoms with E-state index in [0.29, 0.717) is 37.4 Å². The number of sulfonamides is 1. The minimum absolute atomic E-state index is 0.127. The highest BCUT2D eigenvalue weighted by atomic mass is 32.2. The maximum absolute atomic E-state index is 12.7. The molecular formula is C14H21NO5S. The maximum atomic E-state index is 12.7. The van der Waals surface area contributed by atoms with Crippen molar-refractivity contribution in [3.8, 4) is 5.75 Å². The molecule has 0 aliphatic carbocycles. The van der Waals surface area contributed by atoms with E-state index in [1.54, 1.807) is 6.07 Å². The first-order valence-electron chi connectivity index (χ1n) is 6.88. The van der Waals surface area contributed by atoms with E-state index < -0.39 is 10.0 Å². The van der Waals surface area contributed by atoms with Gasteiger partial charge in [0.05, 0.1) is 24.7 Å². The van der Waals surface area contributed by atoms with Gasteiger partial charge in [0.25, 0.3) is 0 Å². The van der Waals surface area contributed by atoms with Crippen molar-refractivity contribution >= 4 is 10.0 Å². The Morgan fingerprint density at radius 2 is 2.24 bits per heavy atom. The third-order valence-corrected chi connectivity index (χ3v) is 5.34. The average Bonchev–Trinajstić information content (AvgIpc) is 2.71. The summed E-state index contributed by atoms with van der Waals surface area (Å²) in [6.45, 7) is 2.93. The zero-order valence-corrected chi connectivity index (χ0v) is 13.1. The summed E-state index contributed by atoms with van der Waals surface area (Å²) in [5.74, 6) is 0.476. The molecule has 21 heavy (non-hydrogen) atoms. The standard InChI is InChI=1S/C14H21NO5S/c1-11-9-15(6-3-7-20-11)21(17,18)13-4-5-14(19-2)12(8-13)10-16/h4-5,8,11,16H,3,6-7,9-10H2,1-2H3. The van der Waals surface area contributed by atoms with Crippen molar-refractivity contribution in [3.05, 3.63) is 23.8 Å². The SMILES string of the molecule is COc1ccc(S(=O)(=O)N2CCCOC(C)C2)cc1CO. The van der Waals surface area contributed by atoms with Gasteiger partial charge in [-0.2, -0.15) is 4.31 Å². The van der Waals surface area contributed by atoms with Crippen LogP contribution in [0.3, 0.4) is 0 Å². The van der Waals surface area contributed by atoms with E-state index in [9.17, 15) is 13.5 Å². The van der Waals surface area contributed by atoms with Crippen LogP contribution in [0, 0.1) is 0 Å². The molecule has 0 radical (unpaired) electrons. The fourth-order valence-corrected chi connectivity index (χ4v) is 3.97. The van der Waals surface area contributed by atoms with Gasteiger partial charge in [0.15, 0.2) is 0 Å². The Hall–Kier alpha value is -1.15. The van der Waals surface area contributed by atoms with E-state index in [1.807, 2.05) is 6.92 Å². The molecule has 6 nitrogen and oxygen atoms in total. The second-order valence-corrected chi connectivity index (χ2v) is 6.97. The van der Waals surface area contributed by atoms with E-state index in [1.165, 1.54) is 23.5 Å². The van der Waals surface area contributed by atoms with E-state index in [4.69, 9.17) is 9.47 Å². The minimum Gasteiger partial charge on any atom is -0.496 e. The molecule has 0 saturated carbocycles. The average molecular weight is 315 g/mol. The van der Waals surface area contributed by atoms with Gasteiger partial charge in [0, 0.05) is 25.3 Å². The minimum atomic E-state index is -3.59. The van der Waals surface area contributed by atoms with E-state index in [2.05, 4.69) is 0 Å². The molecule has 1 unspecified atom stereocenters. The summed E-state index contributed by atoms with van der Waals surface area (Å²) < 4.78 is 37.4. The largest absolute Gasteiger partial charge is 0.496 e. The second kappa shape index (κ2) is 6.74. The van der Waals surface area contributed by atoms with Gasteiger partial charge in [-0.15, -0.1) is 0 Å². The summed E-state index contributed by atoms with van der Waals surface area (Å²) in [5.41, 5.74) is 0.456. The summed E-state index contributed by atoms with van der Waals surface area (Å²) in [6.07, 6.45) is 0.546. The maximum Gasteiger partial charge on any atom is 0.243 e. The lowest BCUT2D eigenvalue weighted by Crippen LogP contribution is -2.36. The van der Waals surface area contributed by atoms with Gasteiger partial charge < -0.3 is 14.6 Å². The van der Waals surface area contributed by atoms with Gasteiger partial charge in [0.2, 0.25) is 10.0 Å². The molecule has 2 rings (SSSR count). The summed E-state index contributed by atoms with van der Waals surface area (Å²) in [6, 6.07) is 4.53. The lowest BCUT2D eigenvalue weighted by atomic mass is 10.2. The van der Waals surface area contributed by atoms with Gasteiger partial charge >= 0.3 is 0 Å². The molecule has 1 heterocycles. The van der Waals surface area contributed by atoms with Gasteiger partial charge in [-0.1, -0.05) is 0 Å². The zero-order valence-electron chi connectivity index (χ0n) is 12.3. The van der Waals surface area contributed by atoms with Crippen LogP contribution in [0.15, 0.2) is 23.1 Å². The summed E-state index contributed by atoms with van der Waals surface area (Å²) >= 11 is 0. The highest BCUT2D eigenvalue weighted by Gasteiger charge is 2.28. The molecule has 1 atom stereocenters. The quantitative estimate of drug-likeness (QED) is 0.896. The number of aliphatic hydroxyl groups excluding tert-OH is 1. The van der Waals surface area contributed by atoms with Crippen LogP contribution in [0.5, 0.6) is 5.75 Å². The van der Waals surface area contributed by atoms with Crippen LogP contribution in [0.1, 0.15) is 18.9 Å². The van der Waals surface area contributed by atoms with Gasteiger partial charge in [-0.3, -0.25) is 0 Å². The fourth-order valence-electron chi connectivity index (χ4n) is 2.36. The van der Waals surface area contributed by atoms with Crippen LogP contribution >= 0.6 is 0 Å². The zero-order chi connectivity index (χ0) is 15.5. The molecule has 1 aromatic carbocycles. The van der Waals surface area contributed by atoms with Crippen molar-refractivity contribution in [1.29, 1.82) is 0 Å². The fraction of sp³-hybridized carbons (Fsp3) is 0.571. The van der Waals surface area contributed by atoms with Crippen LogP contribution in [-0.2, 0) is 21.4 Å². The monoisotopic (exact) mass is 315 g/mol. The Balaban J connectivity index is 2.34. The van der Waals surface area contributed by atoms with E-state index in [0.717, 1.165) is 0 Å². The van der Waals surface area contributed by atoms with Gasteiger partial charge in [-0.25, -0.2) is 8.42 Å². The Kier molecular flexibility index (Phi) is 5.21. The number of ether oxygens (including phenoxy) is 2. The third-order valence-electron chi connectivity index (χ3n) is 3.47. The first-order valence-corrected chi connectivity index (χ1v) is 8.32. The lowest BCUT2D eigenvalue weighted by molar-refractivity contribution is 0.0752. The van der Waals surface area contributed by atoms with Crippen molar-refractivity contribution in [2.45, 2.75) is 31.0 Å². The molecule has 1 aliphatic heterocycles. The first-order chi connectivity index (χ1) is 9.98. The number of hydrogen-bond acceptors (Lipinski definition) is 5. The van der Waals surface area contributed by atoms with Crippen molar-refractivity contribution in [2.24, 2.45) is 0 Å². The first kappa shape index (κ1) is 16.2. The summed E-state index contributed by atoms with van der Waals surface area (Å²) in [4.78, 5) is 0.168. The predicted molar refractivity (Wildman–Crippen MR) is 77.7 cm³/mol. The highest BCUT2D eigenvalue weighted by Crippen LogP contribution is 2.25. The molecule has 1 fully saturated rings. The molecule has 0 aromatic heterocycles. The normalized spacial score (nSPS) is 21.0. The van der Waals surface area contributed by atoms with E-state index in [-0.39, 0.29) is 17.6 Å². The van der Waals surface area contributed by atoms with Crippen LogP contribution in [0.4, 0.5) is 0 Å². The van der Waals surface area contributed by atoms with Crippen LogP contribution in [0.25, 0.3) is 0 Å². The van der Waals surface area contributed by atoms with Crippen molar-refractivity contribution in [3.63, 3.8) is 0 Å². The number of hydrogen-bond donors (Lipinski definition) is 1. The molecule has 0 amide bonds. The summed E-state index contributed by atoms with van der Waals surface area (Å²) in [5, 5.41) is 9.33. The number of nitrogens with zero attached hydrogens (tertiary/aromatic N) is 1. The van der Waals surface area contributed by atoms with Crippen molar-refractivity contribution in [2.75, 3.05) is 26.8 Å². The third kappa shape index (κ3) is 3.55. The lowest BCUT2D eigenvalue weighted by Gasteiger charge is -2.22. The van der Waals surface area contributed by atoms with Crippen molar-refractivity contribution in [1.82, 2.24) is 4.31 Å². The molecular weight excluding hydrogens is 294 g/mol. The molecule has 118 valence electrons. The molecule has 1 saturated heterocycles. The number of benzene rings is 1. The van der Waals surface area contributed by atoms with Crippen LogP contribution in [-0.4, -0.2) is 50.7 Å². The second-order valence-electron chi connectivity index (χ2n) is 5.03. The van der Waals surface area contributed by atoms with Gasteiger partial charge in [-0.05, 0) is 31.5 Å². The molecule has 1 aromatic rings. The molecule has 0 spiro atoms. The number of aliphatic hydroxyl groups is 1. The Labute approximate surface area is 125 Å².